The third-order valence-corrected chi connectivity index (χ3v) is 2.97. The van der Waals surface area contributed by atoms with Crippen LogP contribution in [0.5, 0.6) is 0 Å². The van der Waals surface area contributed by atoms with Crippen LogP contribution in [-0.4, -0.2) is 11.1 Å². The van der Waals surface area contributed by atoms with Crippen molar-refractivity contribution in [3.63, 3.8) is 0 Å². The summed E-state index contributed by atoms with van der Waals surface area (Å²) >= 11 is 0. The van der Waals surface area contributed by atoms with Gasteiger partial charge in [-0.1, -0.05) is 31.5 Å². The number of benzene rings is 2. The van der Waals surface area contributed by atoms with Gasteiger partial charge in [0.05, 0.1) is 11.3 Å². The number of halogens is 2. The third kappa shape index (κ3) is 3.81. The van der Waals surface area contributed by atoms with Crippen molar-refractivity contribution in [3.8, 4) is 0 Å². The van der Waals surface area contributed by atoms with E-state index < -0.39 is 17.6 Å². The first kappa shape index (κ1) is 17.6. The van der Waals surface area contributed by atoms with E-state index in [9.17, 15) is 13.6 Å². The molecule has 0 aliphatic heterocycles. The molecular formula is C17H19F2NO2. The molecule has 0 saturated heterocycles. The average molecular weight is 307 g/mol. The number of anilines is 2. The van der Waals surface area contributed by atoms with Crippen LogP contribution in [0.2, 0.25) is 0 Å². The maximum Gasteiger partial charge on any atom is 0.337 e. The first-order chi connectivity index (χ1) is 10.4. The highest BCUT2D eigenvalue weighted by molar-refractivity contribution is 5.95. The monoisotopic (exact) mass is 307 g/mol. The van der Waals surface area contributed by atoms with Gasteiger partial charge in [0.1, 0.15) is 0 Å². The second kappa shape index (κ2) is 7.54. The molecule has 3 nitrogen and oxygen atoms in total. The third-order valence-electron chi connectivity index (χ3n) is 2.97. The Kier molecular flexibility index (Phi) is 6.04. The summed E-state index contributed by atoms with van der Waals surface area (Å²) in [6.45, 7) is 7.70. The average Bonchev–Trinajstić information content (AvgIpc) is 2.48. The van der Waals surface area contributed by atoms with Crippen molar-refractivity contribution < 1.29 is 18.7 Å². The lowest BCUT2D eigenvalue weighted by molar-refractivity contribution is 0.0697. The largest absolute Gasteiger partial charge is 0.478 e. The molecule has 2 aromatic rings. The van der Waals surface area contributed by atoms with Crippen LogP contribution in [0.15, 0.2) is 30.3 Å². The number of rotatable bonds is 3. The Morgan fingerprint density at radius 1 is 1.09 bits per heavy atom. The molecule has 0 aromatic heterocycles. The van der Waals surface area contributed by atoms with E-state index in [4.69, 9.17) is 5.11 Å². The van der Waals surface area contributed by atoms with E-state index >= 15 is 0 Å². The van der Waals surface area contributed by atoms with Crippen LogP contribution < -0.4 is 5.32 Å². The molecule has 2 N–H and O–H groups in total. The van der Waals surface area contributed by atoms with Crippen LogP contribution in [0.1, 0.15) is 35.3 Å². The van der Waals surface area contributed by atoms with E-state index in [0.717, 1.165) is 23.3 Å². The molecule has 2 rings (SSSR count). The maximum atomic E-state index is 13.8. The van der Waals surface area contributed by atoms with Crippen molar-refractivity contribution in [2.24, 2.45) is 0 Å². The molecule has 0 bridgehead atoms. The number of hydrogen-bond donors (Lipinski definition) is 2. The Morgan fingerprint density at radius 3 is 2.27 bits per heavy atom. The van der Waals surface area contributed by atoms with E-state index in [0.29, 0.717) is 5.69 Å². The second-order valence-electron chi connectivity index (χ2n) is 4.53. The van der Waals surface area contributed by atoms with Crippen LogP contribution in [0.4, 0.5) is 20.2 Å². The predicted molar refractivity (Wildman–Crippen MR) is 83.9 cm³/mol. The van der Waals surface area contributed by atoms with Gasteiger partial charge in [-0.05, 0) is 37.6 Å². The van der Waals surface area contributed by atoms with E-state index in [-0.39, 0.29) is 11.3 Å². The minimum absolute atomic E-state index is 0.316. The quantitative estimate of drug-likeness (QED) is 0.834. The Bertz CT molecular complexity index is 685. The Morgan fingerprint density at radius 2 is 1.73 bits per heavy atom. The highest BCUT2D eigenvalue weighted by Crippen LogP contribution is 2.28. The summed E-state index contributed by atoms with van der Waals surface area (Å²) in [5.74, 6) is -3.62. The van der Waals surface area contributed by atoms with Gasteiger partial charge >= 0.3 is 5.97 Å². The molecule has 0 saturated carbocycles. The van der Waals surface area contributed by atoms with Crippen molar-refractivity contribution in [1.29, 1.82) is 0 Å². The number of hydrogen-bond acceptors (Lipinski definition) is 2. The maximum absolute atomic E-state index is 13.8. The summed E-state index contributed by atoms with van der Waals surface area (Å²) < 4.78 is 27.1. The molecule has 0 atom stereocenters. The standard InChI is InChI=1S/C15H13F2NO2.C2H6/c1-8-3-6-12(9(2)7-8)18-14-10(15(19)20)4-5-11(16)13(14)17;1-2/h3-7,18H,1-2H3,(H,19,20);1-2H3. The van der Waals surface area contributed by atoms with Gasteiger partial charge in [-0.15, -0.1) is 0 Å². The number of carboxylic acids is 1. The number of nitrogens with one attached hydrogen (secondary N) is 1. The minimum atomic E-state index is -1.32. The summed E-state index contributed by atoms with van der Waals surface area (Å²) in [6.07, 6.45) is 0. The van der Waals surface area contributed by atoms with Crippen LogP contribution in [0, 0.1) is 25.5 Å². The Labute approximate surface area is 128 Å². The summed E-state index contributed by atoms with van der Waals surface area (Å²) in [5.41, 5.74) is 1.67. The molecular weight excluding hydrogens is 288 g/mol. The zero-order chi connectivity index (χ0) is 16.9. The molecule has 0 aliphatic rings. The number of aryl methyl sites for hydroxylation is 2. The fourth-order valence-corrected chi connectivity index (χ4v) is 1.94. The zero-order valence-corrected chi connectivity index (χ0v) is 13.0. The molecule has 0 heterocycles. The SMILES string of the molecule is CC.Cc1ccc(Nc2c(C(=O)O)ccc(F)c2F)c(C)c1. The minimum Gasteiger partial charge on any atom is -0.478 e. The lowest BCUT2D eigenvalue weighted by Crippen LogP contribution is -2.07. The molecule has 0 amide bonds. The van der Waals surface area contributed by atoms with Crippen LogP contribution in [0.25, 0.3) is 0 Å². The van der Waals surface area contributed by atoms with E-state index in [1.165, 1.54) is 0 Å². The summed E-state index contributed by atoms with van der Waals surface area (Å²) in [5, 5.41) is 11.7. The fourth-order valence-electron chi connectivity index (χ4n) is 1.94. The lowest BCUT2D eigenvalue weighted by atomic mass is 10.1. The van der Waals surface area contributed by atoms with Crippen LogP contribution in [0.3, 0.4) is 0 Å². The predicted octanol–water partition coefficient (Wildman–Crippen LogP) is 5.05. The van der Waals surface area contributed by atoms with E-state index in [2.05, 4.69) is 5.32 Å². The van der Waals surface area contributed by atoms with Gasteiger partial charge in [0.25, 0.3) is 0 Å². The number of carboxylic acid groups (broad SMARTS) is 1. The van der Waals surface area contributed by atoms with Crippen molar-refractivity contribution >= 4 is 17.3 Å². The van der Waals surface area contributed by atoms with Crippen LogP contribution in [-0.2, 0) is 0 Å². The Balaban J connectivity index is 0.00000116. The van der Waals surface area contributed by atoms with Crippen molar-refractivity contribution in [3.05, 3.63) is 58.7 Å². The van der Waals surface area contributed by atoms with Crippen molar-refractivity contribution in [1.82, 2.24) is 0 Å². The van der Waals surface area contributed by atoms with Gasteiger partial charge in [0.15, 0.2) is 11.6 Å². The molecule has 0 aliphatic carbocycles. The first-order valence-corrected chi connectivity index (χ1v) is 6.95. The topological polar surface area (TPSA) is 49.3 Å². The van der Waals surface area contributed by atoms with Gasteiger partial charge in [0, 0.05) is 5.69 Å². The van der Waals surface area contributed by atoms with Gasteiger partial charge in [0.2, 0.25) is 0 Å². The smallest absolute Gasteiger partial charge is 0.337 e. The molecule has 2 aromatic carbocycles. The lowest BCUT2D eigenvalue weighted by Gasteiger charge is -2.13. The normalized spacial score (nSPS) is 9.73. The molecule has 118 valence electrons. The van der Waals surface area contributed by atoms with Gasteiger partial charge < -0.3 is 10.4 Å². The first-order valence-electron chi connectivity index (χ1n) is 6.95. The summed E-state index contributed by atoms with van der Waals surface area (Å²) in [6, 6.07) is 7.19. The van der Waals surface area contributed by atoms with Gasteiger partial charge in [-0.2, -0.15) is 0 Å². The molecule has 0 fully saturated rings. The fraction of sp³-hybridized carbons (Fsp3) is 0.235. The van der Waals surface area contributed by atoms with Crippen LogP contribution >= 0.6 is 0 Å². The Hall–Kier alpha value is -2.43. The highest BCUT2D eigenvalue weighted by atomic mass is 19.2. The van der Waals surface area contributed by atoms with Crippen molar-refractivity contribution in [2.75, 3.05) is 5.32 Å². The van der Waals surface area contributed by atoms with Gasteiger partial charge in [-0.25, -0.2) is 13.6 Å². The van der Waals surface area contributed by atoms with Crippen molar-refractivity contribution in [2.45, 2.75) is 27.7 Å². The summed E-state index contributed by atoms with van der Waals surface area (Å²) in [4.78, 5) is 11.1. The zero-order valence-electron chi connectivity index (χ0n) is 13.0. The highest BCUT2D eigenvalue weighted by Gasteiger charge is 2.18. The van der Waals surface area contributed by atoms with E-state index in [1.54, 1.807) is 19.1 Å². The molecule has 5 heteroatoms. The number of aromatic carboxylic acids is 1. The second-order valence-corrected chi connectivity index (χ2v) is 4.53. The molecule has 0 radical (unpaired) electrons. The van der Waals surface area contributed by atoms with E-state index in [1.807, 2.05) is 26.8 Å². The molecule has 0 spiro atoms. The molecule has 0 unspecified atom stereocenters. The summed E-state index contributed by atoms with van der Waals surface area (Å²) in [7, 11) is 0. The van der Waals surface area contributed by atoms with Gasteiger partial charge in [-0.3, -0.25) is 0 Å². The molecule has 22 heavy (non-hydrogen) atoms. The number of carbonyl (C=O) groups is 1.